The summed E-state index contributed by atoms with van der Waals surface area (Å²) >= 11 is 0. The molecule has 2 aliphatic carbocycles. The SMILES string of the molecule is O=C1O[C@H](O)[C@@H]2[C@H]1[C@@H]1C=C[C@H]2C1. The van der Waals surface area contributed by atoms with Gasteiger partial charge in [-0.2, -0.15) is 0 Å². The molecule has 1 heterocycles. The third-order valence-electron chi connectivity index (χ3n) is 3.36. The summed E-state index contributed by atoms with van der Waals surface area (Å²) in [6, 6.07) is 0. The Morgan fingerprint density at radius 2 is 2.17 bits per heavy atom. The average molecular weight is 166 g/mol. The van der Waals surface area contributed by atoms with Crippen molar-refractivity contribution < 1.29 is 14.6 Å². The molecule has 0 spiro atoms. The van der Waals surface area contributed by atoms with Gasteiger partial charge in [-0.3, -0.25) is 4.79 Å². The third kappa shape index (κ3) is 0.591. The van der Waals surface area contributed by atoms with Gasteiger partial charge in [0.1, 0.15) is 0 Å². The molecular weight excluding hydrogens is 156 g/mol. The minimum atomic E-state index is -0.845. The number of hydrogen-bond acceptors (Lipinski definition) is 3. The number of cyclic esters (lactones) is 1. The monoisotopic (exact) mass is 166 g/mol. The zero-order valence-corrected chi connectivity index (χ0v) is 6.51. The Labute approximate surface area is 70.0 Å². The molecule has 0 radical (unpaired) electrons. The van der Waals surface area contributed by atoms with Crippen molar-refractivity contribution >= 4 is 5.97 Å². The minimum absolute atomic E-state index is 0.0463. The van der Waals surface area contributed by atoms with Crippen LogP contribution in [0.5, 0.6) is 0 Å². The van der Waals surface area contributed by atoms with Gasteiger partial charge in [0.25, 0.3) is 0 Å². The van der Waals surface area contributed by atoms with Gasteiger partial charge in [0.05, 0.1) is 5.92 Å². The summed E-state index contributed by atoms with van der Waals surface area (Å²) in [5, 5.41) is 9.41. The Hall–Kier alpha value is -0.830. The molecule has 0 aromatic heterocycles. The second-order valence-electron chi connectivity index (χ2n) is 3.88. The van der Waals surface area contributed by atoms with Crippen LogP contribution in [-0.4, -0.2) is 17.4 Å². The summed E-state index contributed by atoms with van der Waals surface area (Å²) < 4.78 is 4.79. The first-order valence-electron chi connectivity index (χ1n) is 4.34. The molecule has 2 bridgehead atoms. The highest BCUT2D eigenvalue weighted by molar-refractivity contribution is 5.76. The Bertz CT molecular complexity index is 271. The predicted molar refractivity (Wildman–Crippen MR) is 39.8 cm³/mol. The molecule has 0 aromatic carbocycles. The largest absolute Gasteiger partial charge is 0.435 e. The number of fused-ring (bicyclic) bond motifs is 5. The van der Waals surface area contributed by atoms with Crippen LogP contribution in [0.4, 0.5) is 0 Å². The van der Waals surface area contributed by atoms with Gasteiger partial charge in [0.2, 0.25) is 6.29 Å². The molecule has 1 saturated carbocycles. The van der Waals surface area contributed by atoms with Crippen LogP contribution in [0.3, 0.4) is 0 Å². The van der Waals surface area contributed by atoms with Crippen molar-refractivity contribution in [3.05, 3.63) is 12.2 Å². The van der Waals surface area contributed by atoms with Crippen LogP contribution in [0.2, 0.25) is 0 Å². The summed E-state index contributed by atoms with van der Waals surface area (Å²) in [5.74, 6) is 0.512. The van der Waals surface area contributed by atoms with E-state index in [4.69, 9.17) is 4.74 Å². The van der Waals surface area contributed by atoms with E-state index in [9.17, 15) is 9.90 Å². The Morgan fingerprint density at radius 3 is 2.92 bits per heavy atom. The molecule has 0 amide bonds. The van der Waals surface area contributed by atoms with Gasteiger partial charge in [-0.25, -0.2) is 0 Å². The second kappa shape index (κ2) is 1.91. The van der Waals surface area contributed by atoms with Crippen molar-refractivity contribution in [2.75, 3.05) is 0 Å². The van der Waals surface area contributed by atoms with Gasteiger partial charge >= 0.3 is 5.97 Å². The molecule has 3 aliphatic rings. The predicted octanol–water partition coefficient (Wildman–Crippen LogP) is 0.300. The maximum absolute atomic E-state index is 11.2. The highest BCUT2D eigenvalue weighted by Gasteiger charge is 2.57. The van der Waals surface area contributed by atoms with Crippen LogP contribution in [0.1, 0.15) is 6.42 Å². The van der Waals surface area contributed by atoms with E-state index in [1.807, 2.05) is 0 Å². The number of aliphatic hydroxyl groups excluding tert-OH is 1. The van der Waals surface area contributed by atoms with E-state index in [0.29, 0.717) is 11.8 Å². The molecule has 3 rings (SSSR count). The quantitative estimate of drug-likeness (QED) is 0.416. The molecule has 0 unspecified atom stereocenters. The van der Waals surface area contributed by atoms with Crippen LogP contribution < -0.4 is 0 Å². The summed E-state index contributed by atoms with van der Waals surface area (Å²) in [7, 11) is 0. The molecule has 2 fully saturated rings. The maximum atomic E-state index is 11.2. The normalized spacial score (nSPS) is 54.4. The molecule has 1 aliphatic heterocycles. The van der Waals surface area contributed by atoms with Crippen LogP contribution in [0.15, 0.2) is 12.2 Å². The summed E-state index contributed by atoms with van der Waals surface area (Å²) in [6.45, 7) is 0. The summed E-state index contributed by atoms with van der Waals surface area (Å²) in [4.78, 5) is 11.2. The number of carbonyl (C=O) groups excluding carboxylic acids is 1. The average Bonchev–Trinajstić information content (AvgIpc) is 2.64. The van der Waals surface area contributed by atoms with E-state index in [0.717, 1.165) is 6.42 Å². The first kappa shape index (κ1) is 6.66. The van der Waals surface area contributed by atoms with Crippen molar-refractivity contribution in [1.82, 2.24) is 0 Å². The third-order valence-corrected chi connectivity index (χ3v) is 3.36. The first-order chi connectivity index (χ1) is 5.77. The number of rotatable bonds is 0. The minimum Gasteiger partial charge on any atom is -0.435 e. The summed E-state index contributed by atoms with van der Waals surface area (Å²) in [6.07, 6.45) is 4.38. The number of ether oxygens (including phenoxy) is 1. The number of aliphatic hydroxyl groups is 1. The van der Waals surface area contributed by atoms with E-state index in [1.54, 1.807) is 0 Å². The van der Waals surface area contributed by atoms with E-state index < -0.39 is 6.29 Å². The fourth-order valence-electron chi connectivity index (χ4n) is 2.86. The molecule has 3 heteroatoms. The van der Waals surface area contributed by atoms with Crippen molar-refractivity contribution in [2.45, 2.75) is 12.7 Å². The van der Waals surface area contributed by atoms with Gasteiger partial charge in [0.15, 0.2) is 0 Å². The number of carbonyl (C=O) groups is 1. The number of allylic oxidation sites excluding steroid dienone is 2. The van der Waals surface area contributed by atoms with Crippen LogP contribution in [0, 0.1) is 23.7 Å². The molecule has 1 saturated heterocycles. The lowest BCUT2D eigenvalue weighted by Gasteiger charge is -2.17. The second-order valence-corrected chi connectivity index (χ2v) is 3.88. The highest BCUT2D eigenvalue weighted by atomic mass is 16.6. The van der Waals surface area contributed by atoms with Crippen molar-refractivity contribution in [3.63, 3.8) is 0 Å². The standard InChI is InChI=1S/C9H10O3/c10-8-6-4-1-2-5(3-4)7(6)9(11)12-8/h1-2,4-8,10H,3H2/t4-,5+,6-,7+,8-/m0/s1. The molecule has 3 nitrogen and oxygen atoms in total. The topological polar surface area (TPSA) is 46.5 Å². The van der Waals surface area contributed by atoms with Crippen molar-refractivity contribution in [3.8, 4) is 0 Å². The molecular formula is C9H10O3. The van der Waals surface area contributed by atoms with Gasteiger partial charge in [-0.15, -0.1) is 0 Å². The van der Waals surface area contributed by atoms with Gasteiger partial charge in [0, 0.05) is 5.92 Å². The Morgan fingerprint density at radius 1 is 1.42 bits per heavy atom. The van der Waals surface area contributed by atoms with Crippen LogP contribution >= 0.6 is 0 Å². The van der Waals surface area contributed by atoms with Gasteiger partial charge < -0.3 is 9.84 Å². The fourth-order valence-corrected chi connectivity index (χ4v) is 2.86. The molecule has 12 heavy (non-hydrogen) atoms. The molecule has 1 N–H and O–H groups in total. The van der Waals surface area contributed by atoms with Crippen molar-refractivity contribution in [2.24, 2.45) is 23.7 Å². The van der Waals surface area contributed by atoms with Crippen molar-refractivity contribution in [1.29, 1.82) is 0 Å². The number of hydrogen-bond donors (Lipinski definition) is 1. The van der Waals surface area contributed by atoms with E-state index in [1.165, 1.54) is 0 Å². The number of esters is 1. The Kier molecular flexibility index (Phi) is 1.06. The van der Waals surface area contributed by atoms with E-state index in [-0.39, 0.29) is 17.8 Å². The molecule has 0 aromatic rings. The first-order valence-corrected chi connectivity index (χ1v) is 4.34. The van der Waals surface area contributed by atoms with Gasteiger partial charge in [-0.1, -0.05) is 12.2 Å². The highest BCUT2D eigenvalue weighted by Crippen LogP contribution is 2.52. The lowest BCUT2D eigenvalue weighted by molar-refractivity contribution is -0.158. The van der Waals surface area contributed by atoms with Gasteiger partial charge in [-0.05, 0) is 18.3 Å². The zero-order valence-electron chi connectivity index (χ0n) is 6.51. The van der Waals surface area contributed by atoms with E-state index in [2.05, 4.69) is 12.2 Å². The van der Waals surface area contributed by atoms with E-state index >= 15 is 0 Å². The summed E-state index contributed by atoms with van der Waals surface area (Å²) in [5.41, 5.74) is 0. The van der Waals surface area contributed by atoms with Crippen LogP contribution in [-0.2, 0) is 9.53 Å². The van der Waals surface area contributed by atoms with Crippen LogP contribution in [0.25, 0.3) is 0 Å². The fraction of sp³-hybridized carbons (Fsp3) is 0.667. The Balaban J connectivity index is 2.03. The lowest BCUT2D eigenvalue weighted by atomic mass is 9.85. The maximum Gasteiger partial charge on any atom is 0.312 e. The molecule has 5 atom stereocenters. The lowest BCUT2D eigenvalue weighted by Crippen LogP contribution is -2.24. The zero-order chi connectivity index (χ0) is 8.29. The molecule has 64 valence electrons. The smallest absolute Gasteiger partial charge is 0.312 e.